The maximum Gasteiger partial charge on any atom is 0.123 e. The van der Waals surface area contributed by atoms with Crippen molar-refractivity contribution < 1.29 is 9.13 Å². The molecule has 2 saturated heterocycles. The normalized spacial score (nSPS) is 22.6. The summed E-state index contributed by atoms with van der Waals surface area (Å²) in [5.41, 5.74) is 2.06. The Hall–Kier alpha value is -1.76. The van der Waals surface area contributed by atoms with Gasteiger partial charge in [0.15, 0.2) is 0 Å². The summed E-state index contributed by atoms with van der Waals surface area (Å²) in [6.45, 7) is 7.22. The fourth-order valence-electron chi connectivity index (χ4n) is 3.91. The zero-order valence-electron chi connectivity index (χ0n) is 15.2. The molecule has 1 atom stereocenters. The molecule has 1 unspecified atom stereocenters. The molecule has 0 spiro atoms. The number of rotatable bonds is 5. The number of hydrogen-bond acceptors (Lipinski definition) is 4. The van der Waals surface area contributed by atoms with Crippen molar-refractivity contribution in [1.29, 1.82) is 0 Å². The molecule has 0 amide bonds. The molecule has 2 aliphatic heterocycles. The maximum atomic E-state index is 13.1. The first-order chi connectivity index (χ1) is 12.8. The molecule has 0 aliphatic carbocycles. The molecule has 1 aromatic heterocycles. The zero-order valence-corrected chi connectivity index (χ0v) is 15.2. The Kier molecular flexibility index (Phi) is 5.62. The van der Waals surface area contributed by atoms with E-state index >= 15 is 0 Å². The zero-order chi connectivity index (χ0) is 17.8. The average molecular weight is 358 g/mol. The lowest BCUT2D eigenvalue weighted by Crippen LogP contribution is -2.39. The van der Waals surface area contributed by atoms with Gasteiger partial charge in [-0.25, -0.2) is 9.07 Å². The van der Waals surface area contributed by atoms with Gasteiger partial charge >= 0.3 is 0 Å². The van der Waals surface area contributed by atoms with Crippen molar-refractivity contribution >= 4 is 0 Å². The van der Waals surface area contributed by atoms with Gasteiger partial charge in [0.05, 0.1) is 18.0 Å². The van der Waals surface area contributed by atoms with Gasteiger partial charge in [-0.05, 0) is 56.6 Å². The van der Waals surface area contributed by atoms with Crippen LogP contribution in [0.4, 0.5) is 4.39 Å². The van der Waals surface area contributed by atoms with E-state index in [0.29, 0.717) is 6.10 Å². The Morgan fingerprint density at radius 1 is 1.04 bits per heavy atom. The third-order valence-electron chi connectivity index (χ3n) is 5.23. The van der Waals surface area contributed by atoms with Crippen LogP contribution in [0.15, 0.2) is 36.7 Å². The third kappa shape index (κ3) is 4.50. The van der Waals surface area contributed by atoms with Crippen LogP contribution in [0, 0.1) is 5.82 Å². The number of benzene rings is 1. The fraction of sp³-hybridized carbons (Fsp3) is 0.550. The summed E-state index contributed by atoms with van der Waals surface area (Å²) >= 11 is 0. The van der Waals surface area contributed by atoms with E-state index in [1.165, 1.54) is 43.6 Å². The highest BCUT2D eigenvalue weighted by Gasteiger charge is 2.23. The molecule has 2 aromatic rings. The highest BCUT2D eigenvalue weighted by atomic mass is 19.1. The van der Waals surface area contributed by atoms with Crippen molar-refractivity contribution in [2.24, 2.45) is 0 Å². The molecule has 0 N–H and O–H groups in total. The van der Waals surface area contributed by atoms with Crippen LogP contribution in [0.25, 0.3) is 5.69 Å². The topological polar surface area (TPSA) is 33.5 Å². The molecule has 0 bridgehead atoms. The predicted octanol–water partition coefficient (Wildman–Crippen LogP) is 2.70. The van der Waals surface area contributed by atoms with E-state index in [-0.39, 0.29) is 5.82 Å². The lowest BCUT2D eigenvalue weighted by Gasteiger charge is -2.26. The van der Waals surface area contributed by atoms with Crippen molar-refractivity contribution in [3.05, 3.63) is 48.0 Å². The van der Waals surface area contributed by atoms with Gasteiger partial charge in [0.2, 0.25) is 0 Å². The number of hydrogen-bond donors (Lipinski definition) is 0. The van der Waals surface area contributed by atoms with Crippen molar-refractivity contribution in [3.8, 4) is 5.69 Å². The molecule has 2 fully saturated rings. The van der Waals surface area contributed by atoms with Crippen LogP contribution in [0.3, 0.4) is 0 Å². The summed E-state index contributed by atoms with van der Waals surface area (Å²) in [7, 11) is 0. The van der Waals surface area contributed by atoms with E-state index in [9.17, 15) is 4.39 Å². The van der Waals surface area contributed by atoms with E-state index in [0.717, 1.165) is 44.9 Å². The maximum absolute atomic E-state index is 13.1. The van der Waals surface area contributed by atoms with Gasteiger partial charge in [-0.3, -0.25) is 4.90 Å². The molecular formula is C20H27FN4O. The van der Waals surface area contributed by atoms with Crippen molar-refractivity contribution in [2.45, 2.75) is 31.9 Å². The minimum absolute atomic E-state index is 0.227. The van der Waals surface area contributed by atoms with E-state index in [1.54, 1.807) is 12.1 Å². The van der Waals surface area contributed by atoms with Gasteiger partial charge in [-0.15, -0.1) is 0 Å². The van der Waals surface area contributed by atoms with Crippen molar-refractivity contribution in [3.63, 3.8) is 0 Å². The number of likely N-dealkylation sites (tertiary alicyclic amines) is 1. The van der Waals surface area contributed by atoms with E-state index in [2.05, 4.69) is 14.9 Å². The Bertz CT molecular complexity index is 696. The van der Waals surface area contributed by atoms with Crippen LogP contribution in [0.1, 0.15) is 24.8 Å². The Morgan fingerprint density at radius 2 is 1.81 bits per heavy atom. The first-order valence-corrected chi connectivity index (χ1v) is 9.62. The highest BCUT2D eigenvalue weighted by Crippen LogP contribution is 2.15. The van der Waals surface area contributed by atoms with E-state index < -0.39 is 0 Å². The first-order valence-electron chi connectivity index (χ1n) is 9.62. The van der Waals surface area contributed by atoms with Gasteiger partial charge in [-0.1, -0.05) is 0 Å². The molecule has 0 radical (unpaired) electrons. The minimum atomic E-state index is -0.227. The molecule has 2 aliphatic rings. The fourth-order valence-corrected chi connectivity index (χ4v) is 3.91. The average Bonchev–Trinajstić information content (AvgIpc) is 3.26. The van der Waals surface area contributed by atoms with Crippen LogP contribution in [0.5, 0.6) is 0 Å². The number of nitrogens with zero attached hydrogens (tertiary/aromatic N) is 4. The summed E-state index contributed by atoms with van der Waals surface area (Å²) in [5.74, 6) is -0.227. The largest absolute Gasteiger partial charge is 0.376 e. The SMILES string of the molecule is Fc1ccc(-n2cc(CN3CCCOC(CN4CCCC4)C3)cn2)cc1. The number of ether oxygens (including phenoxy) is 1. The lowest BCUT2D eigenvalue weighted by atomic mass is 10.2. The quantitative estimate of drug-likeness (QED) is 0.823. The van der Waals surface area contributed by atoms with Gasteiger partial charge in [0, 0.05) is 44.5 Å². The van der Waals surface area contributed by atoms with Crippen LogP contribution >= 0.6 is 0 Å². The standard InChI is InChI=1S/C20H27FN4O/c21-18-4-6-19(7-5-18)25-14-17(12-22-25)13-24-10-3-11-26-20(16-24)15-23-8-1-2-9-23/h4-7,12,14,20H,1-3,8-11,13,15-16H2. The smallest absolute Gasteiger partial charge is 0.123 e. The van der Waals surface area contributed by atoms with Crippen molar-refractivity contribution in [1.82, 2.24) is 19.6 Å². The summed E-state index contributed by atoms with van der Waals surface area (Å²) in [6, 6.07) is 6.42. The molecule has 26 heavy (non-hydrogen) atoms. The molecule has 5 nitrogen and oxygen atoms in total. The second-order valence-corrected chi connectivity index (χ2v) is 7.36. The van der Waals surface area contributed by atoms with E-state index in [4.69, 9.17) is 4.74 Å². The Morgan fingerprint density at radius 3 is 2.62 bits per heavy atom. The number of aromatic nitrogens is 2. The van der Waals surface area contributed by atoms with E-state index in [1.807, 2.05) is 17.1 Å². The van der Waals surface area contributed by atoms with Crippen LogP contribution in [0.2, 0.25) is 0 Å². The Labute approximate surface area is 154 Å². The molecule has 140 valence electrons. The summed E-state index contributed by atoms with van der Waals surface area (Å²) < 4.78 is 21.0. The summed E-state index contributed by atoms with van der Waals surface area (Å²) in [4.78, 5) is 5.00. The number of halogens is 1. The van der Waals surface area contributed by atoms with Crippen molar-refractivity contribution in [2.75, 3.05) is 39.3 Å². The molecule has 4 rings (SSSR count). The second kappa shape index (κ2) is 8.29. The molecule has 3 heterocycles. The van der Waals surface area contributed by atoms with Gasteiger partial charge in [0.25, 0.3) is 0 Å². The minimum Gasteiger partial charge on any atom is -0.376 e. The molecular weight excluding hydrogens is 331 g/mol. The summed E-state index contributed by atoms with van der Waals surface area (Å²) in [6.07, 6.45) is 7.95. The molecule has 1 aromatic carbocycles. The Balaban J connectivity index is 1.37. The van der Waals surface area contributed by atoms with Crippen LogP contribution < -0.4 is 0 Å². The first kappa shape index (κ1) is 17.6. The third-order valence-corrected chi connectivity index (χ3v) is 5.23. The van der Waals surface area contributed by atoms with Gasteiger partial charge in [0.1, 0.15) is 5.82 Å². The second-order valence-electron chi connectivity index (χ2n) is 7.36. The van der Waals surface area contributed by atoms with Gasteiger partial charge < -0.3 is 9.64 Å². The highest BCUT2D eigenvalue weighted by molar-refractivity contribution is 5.31. The van der Waals surface area contributed by atoms with Gasteiger partial charge in [-0.2, -0.15) is 5.10 Å². The monoisotopic (exact) mass is 358 g/mol. The van der Waals surface area contributed by atoms with Crippen LogP contribution in [-0.4, -0.2) is 65.0 Å². The van der Waals surface area contributed by atoms with Crippen LogP contribution in [-0.2, 0) is 11.3 Å². The predicted molar refractivity (Wildman–Crippen MR) is 98.8 cm³/mol. The molecule has 0 saturated carbocycles. The lowest BCUT2D eigenvalue weighted by molar-refractivity contribution is 0.0308. The molecule has 6 heteroatoms. The summed E-state index contributed by atoms with van der Waals surface area (Å²) in [5, 5.41) is 4.44.